The summed E-state index contributed by atoms with van der Waals surface area (Å²) in [6, 6.07) is 8.72. The number of ether oxygens (including phenoxy) is 1. The van der Waals surface area contributed by atoms with E-state index in [4.69, 9.17) is 16.3 Å². The smallest absolute Gasteiger partial charge is 0.295 e. The van der Waals surface area contributed by atoms with Crippen molar-refractivity contribution in [2.45, 2.75) is 16.7 Å². The van der Waals surface area contributed by atoms with Gasteiger partial charge in [0.1, 0.15) is 11.4 Å². The van der Waals surface area contributed by atoms with Crippen molar-refractivity contribution in [1.82, 2.24) is 0 Å². The van der Waals surface area contributed by atoms with Crippen LogP contribution in [-0.4, -0.2) is 11.5 Å². The summed E-state index contributed by atoms with van der Waals surface area (Å²) in [7, 11) is 0. The molecule has 7 heteroatoms. The number of nitro groups is 1. The fraction of sp³-hybridized carbons (Fsp3) is 0.143. The molecule has 1 aliphatic rings. The van der Waals surface area contributed by atoms with Crippen LogP contribution in [-0.2, 0) is 0 Å². The number of nitro benzene ring substituents is 1. The lowest BCUT2D eigenvalue weighted by atomic mass is 10.2. The molecule has 1 heterocycles. The molecule has 108 valence electrons. The SMILES string of the molecule is CCOc1ccc2c(c1)Nc1c(cc(Cl)cc1[N+](=O)[O-])S2. The molecule has 1 aliphatic heterocycles. The maximum atomic E-state index is 11.2. The van der Waals surface area contributed by atoms with Crippen molar-refractivity contribution in [3.05, 3.63) is 45.5 Å². The topological polar surface area (TPSA) is 64.4 Å². The Kier molecular flexibility index (Phi) is 3.65. The molecule has 3 rings (SSSR count). The Hall–Kier alpha value is -1.92. The van der Waals surface area contributed by atoms with Gasteiger partial charge in [-0.25, -0.2) is 0 Å². The van der Waals surface area contributed by atoms with Gasteiger partial charge in [-0.1, -0.05) is 23.4 Å². The minimum Gasteiger partial charge on any atom is -0.494 e. The van der Waals surface area contributed by atoms with Gasteiger partial charge in [-0.2, -0.15) is 0 Å². The van der Waals surface area contributed by atoms with E-state index in [2.05, 4.69) is 5.32 Å². The molecule has 1 N–H and O–H groups in total. The molecule has 21 heavy (non-hydrogen) atoms. The van der Waals surface area contributed by atoms with Crippen molar-refractivity contribution < 1.29 is 9.66 Å². The second-order valence-electron chi connectivity index (χ2n) is 4.37. The van der Waals surface area contributed by atoms with E-state index < -0.39 is 4.92 Å². The number of hydrogen-bond acceptors (Lipinski definition) is 5. The van der Waals surface area contributed by atoms with E-state index >= 15 is 0 Å². The van der Waals surface area contributed by atoms with Crippen LogP contribution in [0.5, 0.6) is 5.75 Å². The Morgan fingerprint density at radius 1 is 1.33 bits per heavy atom. The zero-order chi connectivity index (χ0) is 15.0. The summed E-state index contributed by atoms with van der Waals surface area (Å²) >= 11 is 7.40. The Labute approximate surface area is 130 Å². The molecule has 5 nitrogen and oxygen atoms in total. The van der Waals surface area contributed by atoms with Crippen LogP contribution in [0.4, 0.5) is 17.1 Å². The summed E-state index contributed by atoms with van der Waals surface area (Å²) in [5.74, 6) is 0.726. The quantitative estimate of drug-likeness (QED) is 0.551. The van der Waals surface area contributed by atoms with Gasteiger partial charge in [0.2, 0.25) is 0 Å². The third-order valence-electron chi connectivity index (χ3n) is 2.98. The van der Waals surface area contributed by atoms with E-state index in [1.165, 1.54) is 17.8 Å². The largest absolute Gasteiger partial charge is 0.494 e. The highest BCUT2D eigenvalue weighted by Gasteiger charge is 2.25. The summed E-state index contributed by atoms with van der Waals surface area (Å²) in [6.45, 7) is 2.47. The van der Waals surface area contributed by atoms with Crippen molar-refractivity contribution in [3.63, 3.8) is 0 Å². The van der Waals surface area contributed by atoms with Crippen LogP contribution in [0.25, 0.3) is 0 Å². The van der Waals surface area contributed by atoms with E-state index in [1.807, 2.05) is 25.1 Å². The third kappa shape index (κ3) is 2.64. The molecule has 0 radical (unpaired) electrons. The number of halogens is 1. The van der Waals surface area contributed by atoms with Crippen molar-refractivity contribution in [2.75, 3.05) is 11.9 Å². The molecule has 0 fully saturated rings. The number of nitrogens with one attached hydrogen (secondary N) is 1. The molecule has 2 aromatic carbocycles. The summed E-state index contributed by atoms with van der Waals surface area (Å²) in [5, 5.41) is 14.6. The lowest BCUT2D eigenvalue weighted by Gasteiger charge is -2.21. The standard InChI is InChI=1S/C14H11ClN2O3S/c1-2-20-9-3-4-12-10(7-9)16-14-11(17(18)19)5-8(15)6-13(14)21-12/h3-7,16H,2H2,1H3. The highest BCUT2D eigenvalue weighted by Crippen LogP contribution is 2.49. The summed E-state index contributed by atoms with van der Waals surface area (Å²) in [4.78, 5) is 12.5. The van der Waals surface area contributed by atoms with E-state index in [-0.39, 0.29) is 5.69 Å². The Morgan fingerprint density at radius 2 is 2.14 bits per heavy atom. The number of fused-ring (bicyclic) bond motifs is 2. The van der Waals surface area contributed by atoms with Gasteiger partial charge in [0.25, 0.3) is 5.69 Å². The van der Waals surface area contributed by atoms with Gasteiger partial charge >= 0.3 is 0 Å². The molecule has 0 spiro atoms. The predicted octanol–water partition coefficient (Wildman–Crippen LogP) is 4.86. The van der Waals surface area contributed by atoms with Crippen LogP contribution in [0, 0.1) is 10.1 Å². The normalized spacial score (nSPS) is 12.1. The molecular weight excluding hydrogens is 312 g/mol. The molecule has 2 aromatic rings. The maximum absolute atomic E-state index is 11.2. The third-order valence-corrected chi connectivity index (χ3v) is 4.32. The predicted molar refractivity (Wildman–Crippen MR) is 83.1 cm³/mol. The highest BCUT2D eigenvalue weighted by atomic mass is 35.5. The van der Waals surface area contributed by atoms with Crippen LogP contribution >= 0.6 is 23.4 Å². The first-order valence-electron chi connectivity index (χ1n) is 6.28. The van der Waals surface area contributed by atoms with Gasteiger partial charge in [-0.3, -0.25) is 10.1 Å². The summed E-state index contributed by atoms with van der Waals surface area (Å²) in [6.07, 6.45) is 0. The maximum Gasteiger partial charge on any atom is 0.295 e. The Morgan fingerprint density at radius 3 is 2.86 bits per heavy atom. The second kappa shape index (κ2) is 5.46. The van der Waals surface area contributed by atoms with Gasteiger partial charge in [-0.15, -0.1) is 0 Å². The van der Waals surface area contributed by atoms with Gasteiger partial charge in [0, 0.05) is 26.9 Å². The molecule has 0 saturated carbocycles. The Bertz CT molecular complexity index is 736. The number of benzene rings is 2. The average molecular weight is 323 g/mol. The van der Waals surface area contributed by atoms with Crippen molar-refractivity contribution in [1.29, 1.82) is 0 Å². The molecule has 0 atom stereocenters. The van der Waals surface area contributed by atoms with E-state index in [0.29, 0.717) is 17.3 Å². The second-order valence-corrected chi connectivity index (χ2v) is 5.89. The first-order valence-corrected chi connectivity index (χ1v) is 7.47. The minimum absolute atomic E-state index is 0.0301. The fourth-order valence-corrected chi connectivity index (χ4v) is 3.44. The number of nitrogens with zero attached hydrogens (tertiary/aromatic N) is 1. The number of hydrogen-bond donors (Lipinski definition) is 1. The van der Waals surface area contributed by atoms with Gasteiger partial charge < -0.3 is 10.1 Å². The molecular formula is C14H11ClN2O3S. The first-order chi connectivity index (χ1) is 10.1. The van der Waals surface area contributed by atoms with E-state index in [9.17, 15) is 10.1 Å². The van der Waals surface area contributed by atoms with Crippen LogP contribution in [0.1, 0.15) is 6.92 Å². The van der Waals surface area contributed by atoms with E-state index in [0.717, 1.165) is 21.2 Å². The molecule has 0 saturated heterocycles. The van der Waals surface area contributed by atoms with Gasteiger partial charge in [0.05, 0.1) is 17.2 Å². The van der Waals surface area contributed by atoms with Crippen LogP contribution in [0.2, 0.25) is 5.02 Å². The van der Waals surface area contributed by atoms with Crippen molar-refractivity contribution in [3.8, 4) is 5.75 Å². The molecule has 0 aliphatic carbocycles. The number of anilines is 2. The highest BCUT2D eigenvalue weighted by molar-refractivity contribution is 7.99. The lowest BCUT2D eigenvalue weighted by Crippen LogP contribution is -2.04. The first kappa shape index (κ1) is 14.0. The molecule has 0 bridgehead atoms. The molecule has 0 amide bonds. The average Bonchev–Trinajstić information content (AvgIpc) is 2.44. The van der Waals surface area contributed by atoms with Gasteiger partial charge in [-0.05, 0) is 25.1 Å². The monoisotopic (exact) mass is 322 g/mol. The summed E-state index contributed by atoms with van der Waals surface area (Å²) < 4.78 is 5.45. The zero-order valence-corrected chi connectivity index (χ0v) is 12.6. The number of rotatable bonds is 3. The lowest BCUT2D eigenvalue weighted by molar-refractivity contribution is -0.384. The van der Waals surface area contributed by atoms with Gasteiger partial charge in [0.15, 0.2) is 0 Å². The summed E-state index contributed by atoms with van der Waals surface area (Å²) in [5.41, 5.74) is 1.23. The van der Waals surface area contributed by atoms with Crippen LogP contribution in [0.3, 0.4) is 0 Å². The van der Waals surface area contributed by atoms with Crippen molar-refractivity contribution >= 4 is 40.4 Å². The van der Waals surface area contributed by atoms with E-state index in [1.54, 1.807) is 6.07 Å². The minimum atomic E-state index is -0.435. The van der Waals surface area contributed by atoms with Crippen LogP contribution in [0.15, 0.2) is 40.1 Å². The van der Waals surface area contributed by atoms with Crippen molar-refractivity contribution in [2.24, 2.45) is 0 Å². The molecule has 0 aromatic heterocycles. The fourth-order valence-electron chi connectivity index (χ4n) is 2.12. The molecule has 0 unspecified atom stereocenters. The Balaban J connectivity index is 2.06. The zero-order valence-electron chi connectivity index (χ0n) is 11.1. The van der Waals surface area contributed by atoms with Crippen LogP contribution < -0.4 is 10.1 Å².